The zero-order valence-corrected chi connectivity index (χ0v) is 26.4. The van der Waals surface area contributed by atoms with E-state index in [1.165, 1.54) is 44.8 Å². The van der Waals surface area contributed by atoms with Gasteiger partial charge in [-0.2, -0.15) is 0 Å². The van der Waals surface area contributed by atoms with E-state index >= 15 is 0 Å². The first kappa shape index (κ1) is 27.5. The van der Waals surface area contributed by atoms with Crippen LogP contribution in [-0.4, -0.2) is 0 Å². The molecule has 0 saturated heterocycles. The number of hydrogen-bond donors (Lipinski definition) is 0. The highest BCUT2D eigenvalue weighted by Gasteiger charge is 2.37. The number of nitrogens with zero attached hydrogens (tertiary/aromatic N) is 1. The largest absolute Gasteiger partial charge is 0.455 e. The van der Waals surface area contributed by atoms with Crippen LogP contribution >= 0.6 is 0 Å². The lowest BCUT2D eigenvalue weighted by atomic mass is 9.72. The fraction of sp³-hybridized carbons (Fsp3) is 0.0667. The van der Waals surface area contributed by atoms with Crippen molar-refractivity contribution in [3.63, 3.8) is 0 Å². The Morgan fingerprint density at radius 1 is 0.447 bits per heavy atom. The van der Waals surface area contributed by atoms with Crippen LogP contribution in [-0.2, 0) is 5.41 Å². The van der Waals surface area contributed by atoms with Gasteiger partial charge in [0.25, 0.3) is 0 Å². The van der Waals surface area contributed by atoms with Crippen LogP contribution in [0.2, 0.25) is 0 Å². The zero-order valence-electron chi connectivity index (χ0n) is 26.4. The number of benzene rings is 7. The van der Waals surface area contributed by atoms with Gasteiger partial charge in [0, 0.05) is 27.4 Å². The highest BCUT2D eigenvalue weighted by atomic mass is 16.3. The van der Waals surface area contributed by atoms with Crippen LogP contribution in [0.5, 0.6) is 0 Å². The molecule has 1 aliphatic heterocycles. The summed E-state index contributed by atoms with van der Waals surface area (Å²) in [6.07, 6.45) is 0. The molecule has 0 aliphatic carbocycles. The maximum atomic E-state index is 6.39. The third-order valence-corrected chi connectivity index (χ3v) is 9.88. The number of furan rings is 1. The SMILES string of the molecule is CC1(C)c2cc(-c3ccccc3)ccc2N(c2ccc(-c3cccc4c3oc3ccccc34)cc2)c2ccc(-c3ccccc3)cc21. The van der Waals surface area contributed by atoms with Gasteiger partial charge in [-0.3, -0.25) is 0 Å². The molecule has 0 fully saturated rings. The van der Waals surface area contributed by atoms with E-state index in [4.69, 9.17) is 4.42 Å². The summed E-state index contributed by atoms with van der Waals surface area (Å²) in [7, 11) is 0. The summed E-state index contributed by atoms with van der Waals surface area (Å²) < 4.78 is 6.39. The quantitative estimate of drug-likeness (QED) is 0.199. The van der Waals surface area contributed by atoms with Crippen molar-refractivity contribution in [1.82, 2.24) is 0 Å². The van der Waals surface area contributed by atoms with Crippen LogP contribution in [0, 0.1) is 0 Å². The fourth-order valence-corrected chi connectivity index (χ4v) is 7.40. The average molecular weight is 604 g/mol. The Morgan fingerprint density at radius 2 is 0.979 bits per heavy atom. The second kappa shape index (κ2) is 10.6. The van der Waals surface area contributed by atoms with Crippen LogP contribution in [0.4, 0.5) is 17.1 Å². The van der Waals surface area contributed by atoms with Crippen LogP contribution in [0.25, 0.3) is 55.3 Å². The molecule has 0 saturated carbocycles. The van der Waals surface area contributed by atoms with Gasteiger partial charge in [-0.05, 0) is 81.4 Å². The van der Waals surface area contributed by atoms with Crippen molar-refractivity contribution in [3.8, 4) is 33.4 Å². The normalized spacial score (nSPS) is 13.4. The molecule has 9 rings (SSSR count). The van der Waals surface area contributed by atoms with E-state index in [0.29, 0.717) is 0 Å². The van der Waals surface area contributed by atoms with E-state index in [1.54, 1.807) is 0 Å². The van der Waals surface area contributed by atoms with Gasteiger partial charge in [0.2, 0.25) is 0 Å². The summed E-state index contributed by atoms with van der Waals surface area (Å²) in [6.45, 7) is 4.73. The number of anilines is 3. The second-order valence-electron chi connectivity index (χ2n) is 13.0. The van der Waals surface area contributed by atoms with Gasteiger partial charge in [-0.15, -0.1) is 0 Å². The molecule has 2 nitrogen and oxygen atoms in total. The average Bonchev–Trinajstić information content (AvgIpc) is 3.52. The smallest absolute Gasteiger partial charge is 0.143 e. The van der Waals surface area contributed by atoms with Crippen molar-refractivity contribution in [2.24, 2.45) is 0 Å². The van der Waals surface area contributed by atoms with Gasteiger partial charge in [-0.1, -0.05) is 135 Å². The fourth-order valence-electron chi connectivity index (χ4n) is 7.40. The molecule has 8 aromatic rings. The third-order valence-electron chi connectivity index (χ3n) is 9.88. The van der Waals surface area contributed by atoms with Gasteiger partial charge in [0.1, 0.15) is 11.2 Å². The molecule has 0 unspecified atom stereocenters. The van der Waals surface area contributed by atoms with Crippen molar-refractivity contribution in [3.05, 3.63) is 175 Å². The topological polar surface area (TPSA) is 16.4 Å². The minimum Gasteiger partial charge on any atom is -0.455 e. The maximum absolute atomic E-state index is 6.39. The summed E-state index contributed by atoms with van der Waals surface area (Å²) >= 11 is 0. The monoisotopic (exact) mass is 603 g/mol. The lowest BCUT2D eigenvalue weighted by Gasteiger charge is -2.42. The Labute approximate surface area is 275 Å². The standard InChI is InChI=1S/C45H33NO/c1-45(2)39-28-33(30-12-5-3-6-13-30)22-26-41(39)46(42-27-23-34(29-40(42)45)31-14-7-4-8-15-31)35-24-20-32(21-25-35)36-17-11-18-38-37-16-9-10-19-43(37)47-44(36)38/h3-29H,1-2H3. The van der Waals surface area contributed by atoms with Crippen molar-refractivity contribution < 1.29 is 4.42 Å². The minimum absolute atomic E-state index is 0.215. The molecular formula is C45H33NO. The zero-order chi connectivity index (χ0) is 31.5. The van der Waals surface area contributed by atoms with E-state index in [0.717, 1.165) is 38.8 Å². The first-order chi connectivity index (χ1) is 23.1. The molecule has 1 aliphatic rings. The van der Waals surface area contributed by atoms with Crippen molar-refractivity contribution in [1.29, 1.82) is 0 Å². The Hall–Kier alpha value is -5.86. The van der Waals surface area contributed by atoms with Crippen LogP contribution in [0.3, 0.4) is 0 Å². The molecule has 224 valence electrons. The van der Waals surface area contributed by atoms with Crippen molar-refractivity contribution in [2.45, 2.75) is 19.3 Å². The molecule has 7 aromatic carbocycles. The summed E-state index contributed by atoms with van der Waals surface area (Å²) in [6, 6.07) is 58.9. The molecule has 0 amide bonds. The first-order valence-corrected chi connectivity index (χ1v) is 16.3. The summed E-state index contributed by atoms with van der Waals surface area (Å²) in [4.78, 5) is 2.44. The molecular weight excluding hydrogens is 571 g/mol. The number of fused-ring (bicyclic) bond motifs is 5. The predicted molar refractivity (Wildman–Crippen MR) is 197 cm³/mol. The van der Waals surface area contributed by atoms with Gasteiger partial charge < -0.3 is 9.32 Å². The number of para-hydroxylation sites is 2. The van der Waals surface area contributed by atoms with E-state index in [9.17, 15) is 0 Å². The molecule has 0 bridgehead atoms. The minimum atomic E-state index is -0.215. The molecule has 0 atom stereocenters. The molecule has 0 radical (unpaired) electrons. The summed E-state index contributed by atoms with van der Waals surface area (Å²) in [5, 5.41) is 2.29. The molecule has 0 N–H and O–H groups in total. The lowest BCUT2D eigenvalue weighted by Crippen LogP contribution is -2.30. The Kier molecular flexibility index (Phi) is 6.20. The van der Waals surface area contributed by atoms with Crippen LogP contribution < -0.4 is 4.90 Å². The molecule has 2 heterocycles. The van der Waals surface area contributed by atoms with Crippen LogP contribution in [0.15, 0.2) is 168 Å². The predicted octanol–water partition coefficient (Wildman–Crippen LogP) is 12.7. The van der Waals surface area contributed by atoms with Crippen molar-refractivity contribution >= 4 is 39.0 Å². The van der Waals surface area contributed by atoms with E-state index < -0.39 is 0 Å². The van der Waals surface area contributed by atoms with Crippen LogP contribution in [0.1, 0.15) is 25.0 Å². The highest BCUT2D eigenvalue weighted by molar-refractivity contribution is 6.09. The van der Waals surface area contributed by atoms with Gasteiger partial charge in [-0.25, -0.2) is 0 Å². The van der Waals surface area contributed by atoms with Gasteiger partial charge in [0.15, 0.2) is 0 Å². The van der Waals surface area contributed by atoms with E-state index in [2.05, 4.69) is 170 Å². The van der Waals surface area contributed by atoms with Gasteiger partial charge in [0.05, 0.1) is 11.4 Å². The molecule has 0 spiro atoms. The Morgan fingerprint density at radius 3 is 1.60 bits per heavy atom. The third kappa shape index (κ3) is 4.40. The second-order valence-corrected chi connectivity index (χ2v) is 13.0. The van der Waals surface area contributed by atoms with Crippen molar-refractivity contribution in [2.75, 3.05) is 4.90 Å². The lowest BCUT2D eigenvalue weighted by molar-refractivity contribution is 0.632. The van der Waals surface area contributed by atoms with E-state index in [1.807, 2.05) is 12.1 Å². The number of hydrogen-bond acceptors (Lipinski definition) is 2. The highest BCUT2D eigenvalue weighted by Crippen LogP contribution is 2.53. The van der Waals surface area contributed by atoms with E-state index in [-0.39, 0.29) is 5.41 Å². The summed E-state index contributed by atoms with van der Waals surface area (Å²) in [5.74, 6) is 0. The Bertz CT molecular complexity index is 2320. The maximum Gasteiger partial charge on any atom is 0.143 e. The Balaban J connectivity index is 1.20. The molecule has 1 aromatic heterocycles. The van der Waals surface area contributed by atoms with Gasteiger partial charge >= 0.3 is 0 Å². The molecule has 2 heteroatoms. The molecule has 47 heavy (non-hydrogen) atoms. The first-order valence-electron chi connectivity index (χ1n) is 16.3. The summed E-state index contributed by atoms with van der Waals surface area (Å²) in [5.41, 5.74) is 15.0. The number of rotatable bonds is 4.